The lowest BCUT2D eigenvalue weighted by Gasteiger charge is -2.26. The Labute approximate surface area is 108 Å². The van der Waals surface area contributed by atoms with Gasteiger partial charge in [0.15, 0.2) is 6.29 Å². The fraction of sp³-hybridized carbons (Fsp3) is 0.917. The van der Waals surface area contributed by atoms with Gasteiger partial charge in [-0.15, -0.1) is 0 Å². The molecule has 1 heterocycles. The Hall–Kier alpha value is -0.690. The number of rotatable bonds is 8. The molecule has 2 N–H and O–H groups in total. The summed E-state index contributed by atoms with van der Waals surface area (Å²) in [4.78, 5) is 10.7. The number of nitrogens with one attached hydrogen (secondary N) is 1. The summed E-state index contributed by atoms with van der Waals surface area (Å²) in [5.74, 6) is -0.915. The van der Waals surface area contributed by atoms with Gasteiger partial charge in [0, 0.05) is 6.61 Å². The van der Waals surface area contributed by atoms with Gasteiger partial charge in [0.05, 0.1) is 19.3 Å². The van der Waals surface area contributed by atoms with Crippen molar-refractivity contribution in [3.63, 3.8) is 0 Å². The quantitative estimate of drug-likeness (QED) is 0.666. The van der Waals surface area contributed by atoms with Gasteiger partial charge in [0.2, 0.25) is 0 Å². The molecule has 0 saturated carbocycles. The Morgan fingerprint density at radius 1 is 1.50 bits per heavy atom. The highest BCUT2D eigenvalue weighted by molar-refractivity contribution is 5.73. The molecule has 18 heavy (non-hydrogen) atoms. The Morgan fingerprint density at radius 2 is 2.28 bits per heavy atom. The number of ether oxygens (including phenoxy) is 3. The zero-order chi connectivity index (χ0) is 13.4. The third-order valence-electron chi connectivity index (χ3n) is 2.81. The van der Waals surface area contributed by atoms with Gasteiger partial charge in [-0.2, -0.15) is 0 Å². The SMILES string of the molecule is CN[C@@H](COC[C@H](C)OC1CCCCO1)C(=O)O. The van der Waals surface area contributed by atoms with E-state index in [1.54, 1.807) is 7.05 Å². The Balaban J connectivity index is 2.12. The van der Waals surface area contributed by atoms with Crippen molar-refractivity contribution in [3.05, 3.63) is 0 Å². The van der Waals surface area contributed by atoms with E-state index in [0.717, 1.165) is 25.9 Å². The standard InChI is InChI=1S/C12H23NO5/c1-9(18-11-5-3-4-6-17-11)7-16-8-10(13-2)12(14)15/h9-11,13H,3-8H2,1-2H3,(H,14,15)/t9-,10-,11?/m0/s1. The zero-order valence-electron chi connectivity index (χ0n) is 11.1. The monoisotopic (exact) mass is 261 g/mol. The zero-order valence-corrected chi connectivity index (χ0v) is 11.1. The molecule has 1 fully saturated rings. The van der Waals surface area contributed by atoms with Crippen LogP contribution in [0.1, 0.15) is 26.2 Å². The molecular formula is C12H23NO5. The van der Waals surface area contributed by atoms with E-state index in [4.69, 9.17) is 19.3 Å². The molecule has 0 amide bonds. The van der Waals surface area contributed by atoms with Crippen LogP contribution in [0.3, 0.4) is 0 Å². The first-order chi connectivity index (χ1) is 8.63. The maximum absolute atomic E-state index is 10.7. The van der Waals surface area contributed by atoms with E-state index in [1.807, 2.05) is 6.92 Å². The number of hydrogen-bond donors (Lipinski definition) is 2. The van der Waals surface area contributed by atoms with Crippen LogP contribution in [0.2, 0.25) is 0 Å². The largest absolute Gasteiger partial charge is 0.480 e. The fourth-order valence-corrected chi connectivity index (χ4v) is 1.75. The average Bonchev–Trinajstić information content (AvgIpc) is 2.35. The third kappa shape index (κ3) is 5.77. The Morgan fingerprint density at radius 3 is 2.83 bits per heavy atom. The number of likely N-dealkylation sites (N-methyl/N-ethyl adjacent to an activating group) is 1. The van der Waals surface area contributed by atoms with Gasteiger partial charge in [-0.1, -0.05) is 0 Å². The molecule has 3 atom stereocenters. The molecule has 0 aromatic heterocycles. The summed E-state index contributed by atoms with van der Waals surface area (Å²) in [6.45, 7) is 3.14. The van der Waals surface area contributed by atoms with E-state index >= 15 is 0 Å². The molecule has 1 unspecified atom stereocenters. The summed E-state index contributed by atoms with van der Waals surface area (Å²) in [5.41, 5.74) is 0. The molecule has 6 heteroatoms. The van der Waals surface area contributed by atoms with Gasteiger partial charge in [-0.05, 0) is 33.2 Å². The van der Waals surface area contributed by atoms with E-state index in [1.165, 1.54) is 0 Å². The number of carboxylic acids is 1. The van der Waals surface area contributed by atoms with E-state index in [0.29, 0.717) is 6.61 Å². The lowest BCUT2D eigenvalue weighted by Crippen LogP contribution is -2.39. The molecule has 0 bridgehead atoms. The van der Waals surface area contributed by atoms with Gasteiger partial charge in [0.1, 0.15) is 6.04 Å². The number of aliphatic carboxylic acids is 1. The smallest absolute Gasteiger partial charge is 0.323 e. The molecule has 1 rings (SSSR count). The lowest BCUT2D eigenvalue weighted by molar-refractivity contribution is -0.194. The molecule has 106 valence electrons. The first kappa shape index (κ1) is 15.4. The van der Waals surface area contributed by atoms with Crippen LogP contribution < -0.4 is 5.32 Å². The topological polar surface area (TPSA) is 77.0 Å². The first-order valence-corrected chi connectivity index (χ1v) is 6.38. The molecule has 0 aromatic rings. The molecule has 1 saturated heterocycles. The Bertz CT molecular complexity index is 243. The fourth-order valence-electron chi connectivity index (χ4n) is 1.75. The van der Waals surface area contributed by atoms with Crippen molar-refractivity contribution in [2.45, 2.75) is 44.6 Å². The second-order valence-electron chi connectivity index (χ2n) is 4.46. The molecule has 1 aliphatic heterocycles. The second-order valence-corrected chi connectivity index (χ2v) is 4.46. The van der Waals surface area contributed by atoms with Crippen molar-refractivity contribution >= 4 is 5.97 Å². The molecular weight excluding hydrogens is 238 g/mol. The highest BCUT2D eigenvalue weighted by Crippen LogP contribution is 2.15. The maximum atomic E-state index is 10.7. The lowest BCUT2D eigenvalue weighted by atomic mass is 10.2. The third-order valence-corrected chi connectivity index (χ3v) is 2.81. The van der Waals surface area contributed by atoms with Crippen LogP contribution in [0.25, 0.3) is 0 Å². The predicted molar refractivity (Wildman–Crippen MR) is 65.4 cm³/mol. The molecule has 0 aromatic carbocycles. The van der Waals surface area contributed by atoms with E-state index in [-0.39, 0.29) is 19.0 Å². The van der Waals surface area contributed by atoms with Gasteiger partial charge >= 0.3 is 5.97 Å². The van der Waals surface area contributed by atoms with Crippen molar-refractivity contribution in [1.82, 2.24) is 5.32 Å². The average molecular weight is 261 g/mol. The first-order valence-electron chi connectivity index (χ1n) is 6.38. The molecule has 6 nitrogen and oxygen atoms in total. The van der Waals surface area contributed by atoms with Gasteiger partial charge in [0.25, 0.3) is 0 Å². The van der Waals surface area contributed by atoms with Crippen LogP contribution in [0, 0.1) is 0 Å². The number of carbonyl (C=O) groups is 1. The van der Waals surface area contributed by atoms with Gasteiger partial charge < -0.3 is 24.6 Å². The highest BCUT2D eigenvalue weighted by Gasteiger charge is 2.19. The van der Waals surface area contributed by atoms with E-state index < -0.39 is 12.0 Å². The normalized spacial score (nSPS) is 23.6. The summed E-state index contributed by atoms with van der Waals surface area (Å²) in [7, 11) is 1.60. The van der Waals surface area contributed by atoms with Crippen molar-refractivity contribution in [3.8, 4) is 0 Å². The van der Waals surface area contributed by atoms with Crippen LogP contribution in [0.15, 0.2) is 0 Å². The molecule has 0 aliphatic carbocycles. The van der Waals surface area contributed by atoms with Crippen LogP contribution in [-0.2, 0) is 19.0 Å². The van der Waals surface area contributed by atoms with Crippen LogP contribution >= 0.6 is 0 Å². The van der Waals surface area contributed by atoms with E-state index in [2.05, 4.69) is 5.32 Å². The minimum atomic E-state index is -0.915. The minimum absolute atomic E-state index is 0.0978. The molecule has 1 aliphatic rings. The minimum Gasteiger partial charge on any atom is -0.480 e. The Kier molecular flexibility index (Phi) is 7.19. The second kappa shape index (κ2) is 8.42. The summed E-state index contributed by atoms with van der Waals surface area (Å²) in [5, 5.41) is 11.5. The van der Waals surface area contributed by atoms with Crippen molar-refractivity contribution in [1.29, 1.82) is 0 Å². The highest BCUT2D eigenvalue weighted by atomic mass is 16.7. The summed E-state index contributed by atoms with van der Waals surface area (Å²) in [6, 6.07) is -0.678. The molecule has 0 radical (unpaired) electrons. The number of hydrogen-bond acceptors (Lipinski definition) is 5. The van der Waals surface area contributed by atoms with Crippen LogP contribution in [0.5, 0.6) is 0 Å². The maximum Gasteiger partial charge on any atom is 0.323 e. The molecule has 0 spiro atoms. The summed E-state index contributed by atoms with van der Waals surface area (Å²) in [6.07, 6.45) is 2.89. The number of carboxylic acid groups (broad SMARTS) is 1. The van der Waals surface area contributed by atoms with Gasteiger partial charge in [-0.3, -0.25) is 4.79 Å². The van der Waals surface area contributed by atoms with E-state index in [9.17, 15) is 4.79 Å². The van der Waals surface area contributed by atoms with Crippen molar-refractivity contribution < 1.29 is 24.1 Å². The summed E-state index contributed by atoms with van der Waals surface area (Å²) >= 11 is 0. The van der Waals surface area contributed by atoms with Crippen molar-refractivity contribution in [2.75, 3.05) is 26.9 Å². The predicted octanol–water partition coefficient (Wildman–Crippen LogP) is 0.607. The van der Waals surface area contributed by atoms with Crippen molar-refractivity contribution in [2.24, 2.45) is 0 Å². The van der Waals surface area contributed by atoms with Gasteiger partial charge in [-0.25, -0.2) is 0 Å². The summed E-state index contributed by atoms with van der Waals surface area (Å²) < 4.78 is 16.4. The van der Waals surface area contributed by atoms with Crippen LogP contribution in [0.4, 0.5) is 0 Å². The van der Waals surface area contributed by atoms with Crippen LogP contribution in [-0.4, -0.2) is 56.4 Å².